The van der Waals surface area contributed by atoms with Crippen molar-refractivity contribution in [1.29, 1.82) is 0 Å². The number of likely N-dealkylation sites (tertiary alicyclic amines) is 2. The highest BCUT2D eigenvalue weighted by molar-refractivity contribution is 5.87. The van der Waals surface area contributed by atoms with E-state index in [9.17, 15) is 4.79 Å². The summed E-state index contributed by atoms with van der Waals surface area (Å²) in [6.07, 6.45) is 6.50. The highest BCUT2D eigenvalue weighted by Crippen LogP contribution is 2.45. The molecule has 0 aliphatic carbocycles. The first-order valence-electron chi connectivity index (χ1n) is 9.81. The van der Waals surface area contributed by atoms with Gasteiger partial charge in [-0.1, -0.05) is 30.3 Å². The first kappa shape index (κ1) is 18.3. The van der Waals surface area contributed by atoms with Crippen LogP contribution in [0.3, 0.4) is 0 Å². The third-order valence-corrected chi connectivity index (χ3v) is 6.21. The Labute approximate surface area is 160 Å². The van der Waals surface area contributed by atoms with Crippen molar-refractivity contribution in [2.45, 2.75) is 37.3 Å². The Kier molecular flexibility index (Phi) is 5.32. The molecule has 2 fully saturated rings. The maximum absolute atomic E-state index is 13.3. The number of carbonyl (C=O) groups is 1. The number of rotatable bonds is 6. The second-order valence-electron chi connectivity index (χ2n) is 7.78. The van der Waals surface area contributed by atoms with Crippen molar-refractivity contribution in [2.75, 3.05) is 33.4 Å². The second kappa shape index (κ2) is 7.87. The van der Waals surface area contributed by atoms with E-state index in [1.807, 2.05) is 30.5 Å². The number of methoxy groups -OCH3 is 1. The quantitative estimate of drug-likeness (QED) is 0.785. The lowest BCUT2D eigenvalue weighted by molar-refractivity contribution is -0.134. The summed E-state index contributed by atoms with van der Waals surface area (Å²) in [5.74, 6) is 0.241. The van der Waals surface area contributed by atoms with E-state index in [-0.39, 0.29) is 17.4 Å². The summed E-state index contributed by atoms with van der Waals surface area (Å²) in [6, 6.07) is 12.3. The fraction of sp³-hybridized carbons (Fsp3) is 0.500. The fourth-order valence-corrected chi connectivity index (χ4v) is 4.72. The molecule has 2 aromatic rings. The third-order valence-electron chi connectivity index (χ3n) is 6.21. The zero-order chi connectivity index (χ0) is 18.7. The van der Waals surface area contributed by atoms with Crippen LogP contribution in [0.5, 0.6) is 0 Å². The smallest absolute Gasteiger partial charge is 0.230 e. The summed E-state index contributed by atoms with van der Waals surface area (Å²) < 4.78 is 10.5. The maximum atomic E-state index is 13.3. The standard InChI is InChI=1S/C22H28N2O3/c1-26-14-12-24-21(25)20(19-5-3-2-4-6-19)15-22(24)8-10-23(11-9-22)16-18-7-13-27-17-18/h2-7,13,17,20H,8-12,14-16H2,1H3. The Hall–Kier alpha value is -2.11. The molecule has 1 atom stereocenters. The van der Waals surface area contributed by atoms with Crippen LogP contribution in [0.25, 0.3) is 0 Å². The number of piperidine rings is 1. The van der Waals surface area contributed by atoms with Gasteiger partial charge in [-0.3, -0.25) is 9.69 Å². The number of hydrogen-bond donors (Lipinski definition) is 0. The van der Waals surface area contributed by atoms with Crippen LogP contribution >= 0.6 is 0 Å². The van der Waals surface area contributed by atoms with Crippen LogP contribution in [0.2, 0.25) is 0 Å². The number of hydrogen-bond acceptors (Lipinski definition) is 4. The van der Waals surface area contributed by atoms with Crippen LogP contribution in [0, 0.1) is 0 Å². The molecule has 5 heteroatoms. The van der Waals surface area contributed by atoms with Crippen LogP contribution in [0.4, 0.5) is 0 Å². The summed E-state index contributed by atoms with van der Waals surface area (Å²) in [6.45, 7) is 4.20. The molecule has 3 heterocycles. The van der Waals surface area contributed by atoms with E-state index in [1.165, 1.54) is 5.56 Å². The number of benzene rings is 1. The fourth-order valence-electron chi connectivity index (χ4n) is 4.72. The molecule has 0 saturated carbocycles. The van der Waals surface area contributed by atoms with Crippen LogP contribution in [-0.4, -0.2) is 54.6 Å². The molecule has 0 bridgehead atoms. The topological polar surface area (TPSA) is 45.9 Å². The van der Waals surface area contributed by atoms with Gasteiger partial charge in [-0.15, -0.1) is 0 Å². The molecular formula is C22H28N2O3. The molecule has 27 heavy (non-hydrogen) atoms. The molecule has 0 N–H and O–H groups in total. The summed E-state index contributed by atoms with van der Waals surface area (Å²) in [5, 5.41) is 0. The van der Waals surface area contributed by atoms with Gasteiger partial charge in [0.1, 0.15) is 0 Å². The van der Waals surface area contributed by atoms with Crippen molar-refractivity contribution in [1.82, 2.24) is 9.80 Å². The van der Waals surface area contributed by atoms with Gasteiger partial charge in [0.25, 0.3) is 0 Å². The SMILES string of the molecule is COCCN1C(=O)C(c2ccccc2)CC12CCN(Cc1ccoc1)CC2. The van der Waals surface area contributed by atoms with E-state index in [0.29, 0.717) is 13.2 Å². The van der Waals surface area contributed by atoms with Crippen LogP contribution in [0.15, 0.2) is 53.3 Å². The highest BCUT2D eigenvalue weighted by Gasteiger charge is 2.51. The summed E-state index contributed by atoms with van der Waals surface area (Å²) in [5.41, 5.74) is 2.32. The predicted molar refractivity (Wildman–Crippen MR) is 103 cm³/mol. The van der Waals surface area contributed by atoms with E-state index >= 15 is 0 Å². The van der Waals surface area contributed by atoms with Crippen LogP contribution < -0.4 is 0 Å². The third kappa shape index (κ3) is 3.66. The molecule has 2 saturated heterocycles. The van der Waals surface area contributed by atoms with Crippen molar-refractivity contribution in [3.05, 3.63) is 60.1 Å². The average molecular weight is 368 g/mol. The lowest BCUT2D eigenvalue weighted by Crippen LogP contribution is -2.53. The van der Waals surface area contributed by atoms with Gasteiger partial charge < -0.3 is 14.1 Å². The minimum Gasteiger partial charge on any atom is -0.472 e. The molecule has 1 spiro atoms. The Bertz CT molecular complexity index is 736. The van der Waals surface area contributed by atoms with E-state index in [0.717, 1.165) is 44.5 Å². The van der Waals surface area contributed by atoms with Crippen molar-refractivity contribution in [2.24, 2.45) is 0 Å². The van der Waals surface area contributed by atoms with Gasteiger partial charge in [0.15, 0.2) is 0 Å². The highest BCUT2D eigenvalue weighted by atomic mass is 16.5. The molecule has 0 radical (unpaired) electrons. The van der Waals surface area contributed by atoms with Gasteiger partial charge >= 0.3 is 0 Å². The molecule has 1 unspecified atom stereocenters. The number of amides is 1. The molecule has 5 nitrogen and oxygen atoms in total. The van der Waals surface area contributed by atoms with E-state index in [1.54, 1.807) is 13.4 Å². The predicted octanol–water partition coefficient (Wildman–Crippen LogP) is 3.28. The zero-order valence-corrected chi connectivity index (χ0v) is 16.0. The largest absolute Gasteiger partial charge is 0.472 e. The molecular weight excluding hydrogens is 340 g/mol. The molecule has 1 aromatic carbocycles. The lowest BCUT2D eigenvalue weighted by Gasteiger charge is -2.45. The van der Waals surface area contributed by atoms with E-state index in [4.69, 9.17) is 9.15 Å². The monoisotopic (exact) mass is 368 g/mol. The molecule has 2 aliphatic rings. The van der Waals surface area contributed by atoms with Gasteiger partial charge in [0.2, 0.25) is 5.91 Å². The molecule has 4 rings (SSSR count). The minimum absolute atomic E-state index is 0.0246. The zero-order valence-electron chi connectivity index (χ0n) is 16.0. The summed E-state index contributed by atoms with van der Waals surface area (Å²) in [7, 11) is 1.70. The van der Waals surface area contributed by atoms with Gasteiger partial charge in [-0.05, 0) is 30.9 Å². The lowest BCUT2D eigenvalue weighted by atomic mass is 9.81. The van der Waals surface area contributed by atoms with Gasteiger partial charge in [-0.25, -0.2) is 0 Å². The first-order chi connectivity index (χ1) is 13.2. The Morgan fingerprint density at radius 1 is 1.19 bits per heavy atom. The minimum atomic E-state index is -0.0387. The number of ether oxygens (including phenoxy) is 1. The van der Waals surface area contributed by atoms with Gasteiger partial charge in [0.05, 0.1) is 25.1 Å². The van der Waals surface area contributed by atoms with Crippen molar-refractivity contribution >= 4 is 5.91 Å². The van der Waals surface area contributed by atoms with Crippen molar-refractivity contribution in [3.63, 3.8) is 0 Å². The number of nitrogens with zero attached hydrogens (tertiary/aromatic N) is 2. The van der Waals surface area contributed by atoms with Crippen molar-refractivity contribution < 1.29 is 13.9 Å². The number of carbonyl (C=O) groups excluding carboxylic acids is 1. The van der Waals surface area contributed by atoms with Crippen molar-refractivity contribution in [3.8, 4) is 0 Å². The van der Waals surface area contributed by atoms with Crippen LogP contribution in [0.1, 0.15) is 36.3 Å². The first-order valence-corrected chi connectivity index (χ1v) is 9.81. The summed E-state index contributed by atoms with van der Waals surface area (Å²) >= 11 is 0. The number of furan rings is 1. The molecule has 1 amide bonds. The molecule has 2 aliphatic heterocycles. The van der Waals surface area contributed by atoms with Gasteiger partial charge in [0, 0.05) is 44.4 Å². The maximum Gasteiger partial charge on any atom is 0.230 e. The average Bonchev–Trinajstić information content (AvgIpc) is 3.30. The normalized spacial score (nSPS) is 22.6. The second-order valence-corrected chi connectivity index (χ2v) is 7.78. The van der Waals surface area contributed by atoms with Crippen LogP contribution in [-0.2, 0) is 16.1 Å². The Morgan fingerprint density at radius 2 is 1.96 bits per heavy atom. The van der Waals surface area contributed by atoms with E-state index < -0.39 is 0 Å². The van der Waals surface area contributed by atoms with Gasteiger partial charge in [-0.2, -0.15) is 0 Å². The Morgan fingerprint density at radius 3 is 2.63 bits per heavy atom. The molecule has 144 valence electrons. The summed E-state index contributed by atoms with van der Waals surface area (Å²) in [4.78, 5) is 17.9. The molecule has 1 aromatic heterocycles. The Balaban J connectivity index is 1.50. The van der Waals surface area contributed by atoms with E-state index in [2.05, 4.69) is 21.9 Å².